The van der Waals surface area contributed by atoms with Gasteiger partial charge in [0.1, 0.15) is 0 Å². The van der Waals surface area contributed by atoms with Gasteiger partial charge in [-0.2, -0.15) is 0 Å². The Kier molecular flexibility index (Phi) is 5.40. The molecule has 7 rings (SSSR count). The van der Waals surface area contributed by atoms with Gasteiger partial charge in [0.05, 0.1) is 10.7 Å². The third-order valence-corrected chi connectivity index (χ3v) is 13.9. The van der Waals surface area contributed by atoms with Gasteiger partial charge in [0, 0.05) is 12.8 Å². The molecule has 0 saturated carbocycles. The highest BCUT2D eigenvalue weighted by molar-refractivity contribution is 7.82. The van der Waals surface area contributed by atoms with Crippen molar-refractivity contribution in [1.29, 1.82) is 0 Å². The van der Waals surface area contributed by atoms with Crippen LogP contribution in [-0.2, 0) is 14.2 Å². The molecule has 4 bridgehead atoms. The summed E-state index contributed by atoms with van der Waals surface area (Å²) in [6, 6.07) is 26.9. The van der Waals surface area contributed by atoms with E-state index in [1.165, 1.54) is 32.3 Å². The molecule has 4 aliphatic heterocycles. The van der Waals surface area contributed by atoms with Gasteiger partial charge in [-0.15, -0.1) is 0 Å². The summed E-state index contributed by atoms with van der Waals surface area (Å²) in [7, 11) is -1.54. The van der Waals surface area contributed by atoms with Crippen LogP contribution in [0.15, 0.2) is 72.8 Å². The summed E-state index contributed by atoms with van der Waals surface area (Å²) < 4.78 is 20.0. The van der Waals surface area contributed by atoms with Crippen molar-refractivity contribution in [2.75, 3.05) is 0 Å². The summed E-state index contributed by atoms with van der Waals surface area (Å²) in [4.78, 5) is 0. The van der Waals surface area contributed by atoms with E-state index in [-0.39, 0.29) is 10.7 Å². The lowest BCUT2D eigenvalue weighted by Gasteiger charge is -2.69. The number of rotatable bonds is 4. The van der Waals surface area contributed by atoms with Gasteiger partial charge in [0.2, 0.25) is 0 Å². The van der Waals surface area contributed by atoms with Crippen molar-refractivity contribution in [2.45, 2.75) is 76.6 Å². The van der Waals surface area contributed by atoms with E-state index in [2.05, 4.69) is 114 Å². The van der Waals surface area contributed by atoms with Gasteiger partial charge in [-0.3, -0.25) is 0 Å². The second kappa shape index (κ2) is 7.95. The highest BCUT2D eigenvalue weighted by Crippen LogP contribution is 2.75. The van der Waals surface area contributed by atoms with Crippen molar-refractivity contribution < 1.29 is 14.2 Å². The number of aryl methyl sites for hydroxylation is 2. The van der Waals surface area contributed by atoms with E-state index in [0.717, 1.165) is 12.8 Å². The van der Waals surface area contributed by atoms with Gasteiger partial charge in [-0.25, -0.2) is 0 Å². The molecule has 0 aromatic heterocycles. The van der Waals surface area contributed by atoms with Gasteiger partial charge in [0.15, 0.2) is 11.6 Å². The van der Waals surface area contributed by atoms with Crippen LogP contribution < -0.4 is 21.2 Å². The lowest BCUT2D eigenvalue weighted by atomic mass is 9.98. The van der Waals surface area contributed by atoms with Crippen LogP contribution in [0.3, 0.4) is 0 Å². The molecule has 0 aliphatic carbocycles. The Morgan fingerprint density at radius 1 is 0.600 bits per heavy atom. The minimum absolute atomic E-state index is 0.309. The predicted molar refractivity (Wildman–Crippen MR) is 147 cm³/mol. The standard InChI is InChI=1S/C30H34O3P2/c1-21-13-7-9-15-23(21)34(24-16-10-8-14-22(24)2)25-17-11-12-18-26(25)35-29(5)19-27(3)31-28(4,33-29)20-30(35,6)32-27/h7-18H,19-20H2,1-6H3/t27-,28-,29+,30+/m1/s1. The predicted octanol–water partition coefficient (Wildman–Crippen LogP) is 5.90. The summed E-state index contributed by atoms with van der Waals surface area (Å²) in [6.45, 7) is 13.3. The maximum absolute atomic E-state index is 6.82. The lowest BCUT2D eigenvalue weighted by Crippen LogP contribution is -2.72. The molecule has 4 fully saturated rings. The Morgan fingerprint density at radius 3 is 1.51 bits per heavy atom. The second-order valence-corrected chi connectivity index (χ2v) is 16.2. The molecule has 0 N–H and O–H groups in total. The fourth-order valence-electron chi connectivity index (χ4n) is 6.96. The Bertz CT molecular complexity index is 1210. The van der Waals surface area contributed by atoms with E-state index < -0.39 is 27.4 Å². The highest BCUT2D eigenvalue weighted by atomic mass is 31.1. The average Bonchev–Trinajstić information content (AvgIpc) is 2.74. The molecule has 4 atom stereocenters. The molecule has 5 heteroatoms. The minimum atomic E-state index is -0.790. The topological polar surface area (TPSA) is 27.7 Å². The molecule has 3 nitrogen and oxygen atoms in total. The molecule has 3 aromatic carbocycles. The summed E-state index contributed by atoms with van der Waals surface area (Å²) in [5.41, 5.74) is 2.68. The smallest absolute Gasteiger partial charge is 0.173 e. The fraction of sp³-hybridized carbons (Fsp3) is 0.400. The van der Waals surface area contributed by atoms with Crippen LogP contribution in [0.4, 0.5) is 0 Å². The Balaban J connectivity index is 1.58. The fourth-order valence-corrected chi connectivity index (χ4v) is 14.2. The molecule has 4 aliphatic rings. The number of benzene rings is 3. The van der Waals surface area contributed by atoms with Crippen molar-refractivity contribution in [3.8, 4) is 0 Å². The molecular weight excluding hydrogens is 470 g/mol. The summed E-state index contributed by atoms with van der Waals surface area (Å²) in [5.74, 6) is -1.20. The average molecular weight is 505 g/mol. The first kappa shape index (κ1) is 23.8. The van der Waals surface area contributed by atoms with Crippen molar-refractivity contribution in [3.05, 3.63) is 83.9 Å². The van der Waals surface area contributed by atoms with Crippen LogP contribution in [0.5, 0.6) is 0 Å². The molecule has 35 heavy (non-hydrogen) atoms. The molecule has 4 saturated heterocycles. The van der Waals surface area contributed by atoms with E-state index in [1.54, 1.807) is 0 Å². The number of hydrogen-bond donors (Lipinski definition) is 0. The Morgan fingerprint density at radius 2 is 1.03 bits per heavy atom. The third-order valence-electron chi connectivity index (χ3n) is 7.62. The number of ether oxygens (including phenoxy) is 3. The molecule has 4 heterocycles. The van der Waals surface area contributed by atoms with Crippen molar-refractivity contribution >= 4 is 37.1 Å². The van der Waals surface area contributed by atoms with Crippen molar-refractivity contribution in [1.82, 2.24) is 0 Å². The first-order chi connectivity index (χ1) is 16.6. The lowest BCUT2D eigenvalue weighted by molar-refractivity contribution is -0.467. The zero-order valence-corrected chi connectivity index (χ0v) is 23.3. The normalized spacial score (nSPS) is 35.6. The summed E-state index contributed by atoms with van der Waals surface area (Å²) in [6.07, 6.45) is 1.50. The van der Waals surface area contributed by atoms with Crippen LogP contribution in [0.25, 0.3) is 0 Å². The molecule has 182 valence electrons. The van der Waals surface area contributed by atoms with Gasteiger partial charge >= 0.3 is 0 Å². The monoisotopic (exact) mass is 504 g/mol. The van der Waals surface area contributed by atoms with Gasteiger partial charge in [-0.1, -0.05) is 72.8 Å². The third kappa shape index (κ3) is 3.75. The number of hydrogen-bond acceptors (Lipinski definition) is 3. The second-order valence-electron chi connectivity index (χ2n) is 11.0. The van der Waals surface area contributed by atoms with E-state index in [9.17, 15) is 0 Å². The molecule has 3 aromatic rings. The van der Waals surface area contributed by atoms with Crippen LogP contribution in [0, 0.1) is 13.8 Å². The minimum Gasteiger partial charge on any atom is -0.339 e. The maximum atomic E-state index is 6.82. The van der Waals surface area contributed by atoms with Crippen LogP contribution in [-0.4, -0.2) is 22.3 Å². The zero-order valence-electron chi connectivity index (χ0n) is 21.5. The van der Waals surface area contributed by atoms with Crippen molar-refractivity contribution in [2.24, 2.45) is 0 Å². The summed E-state index contributed by atoms with van der Waals surface area (Å²) >= 11 is 0. The van der Waals surface area contributed by atoms with Crippen LogP contribution in [0.1, 0.15) is 51.7 Å². The van der Waals surface area contributed by atoms with E-state index in [1.807, 2.05) is 0 Å². The van der Waals surface area contributed by atoms with Crippen LogP contribution in [0.2, 0.25) is 0 Å². The van der Waals surface area contributed by atoms with Gasteiger partial charge in [-0.05, 0) is 89.7 Å². The molecule has 0 radical (unpaired) electrons. The van der Waals surface area contributed by atoms with Gasteiger partial charge < -0.3 is 14.2 Å². The Hall–Kier alpha value is -1.60. The van der Waals surface area contributed by atoms with E-state index >= 15 is 0 Å². The van der Waals surface area contributed by atoms with E-state index in [0.29, 0.717) is 0 Å². The highest BCUT2D eigenvalue weighted by Gasteiger charge is 2.71. The molecule has 0 amide bonds. The van der Waals surface area contributed by atoms with Crippen molar-refractivity contribution in [3.63, 3.8) is 0 Å². The van der Waals surface area contributed by atoms with Gasteiger partial charge in [0.25, 0.3) is 0 Å². The largest absolute Gasteiger partial charge is 0.339 e. The SMILES string of the molecule is Cc1ccccc1P(c1ccccc1C)c1ccccc1P1[C@@]2(C)C[C@]3(C)O[C@@](C)(C[C@@]1(C)O3)O2. The zero-order chi connectivity index (χ0) is 24.6. The van der Waals surface area contributed by atoms with Crippen LogP contribution >= 0.6 is 15.8 Å². The molecule has 0 spiro atoms. The summed E-state index contributed by atoms with van der Waals surface area (Å²) in [5, 5.41) is 5.06. The first-order valence-electron chi connectivity index (χ1n) is 12.5. The first-order valence-corrected chi connectivity index (χ1v) is 15.1. The maximum Gasteiger partial charge on any atom is 0.173 e. The molecular formula is C30H34O3P2. The van der Waals surface area contributed by atoms with E-state index in [4.69, 9.17) is 14.2 Å². The Labute approximate surface area is 211 Å². The quantitative estimate of drug-likeness (QED) is 0.414. The molecule has 0 unspecified atom stereocenters.